The van der Waals surface area contributed by atoms with E-state index in [1.807, 2.05) is 10.9 Å². The summed E-state index contributed by atoms with van der Waals surface area (Å²) in [5.74, 6) is 1.84. The zero-order valence-electron chi connectivity index (χ0n) is 13.1. The highest BCUT2D eigenvalue weighted by Gasteiger charge is 2.23. The smallest absolute Gasteiger partial charge is 0.160 e. The van der Waals surface area contributed by atoms with Crippen molar-refractivity contribution in [3.63, 3.8) is 0 Å². The quantitative estimate of drug-likeness (QED) is 0.805. The maximum Gasteiger partial charge on any atom is 0.160 e. The van der Waals surface area contributed by atoms with Gasteiger partial charge in [0.05, 0.1) is 0 Å². The van der Waals surface area contributed by atoms with Crippen molar-refractivity contribution in [3.05, 3.63) is 36.0 Å². The molecular formula is C17H19FN4O. The molecule has 0 bridgehead atoms. The Kier molecular flexibility index (Phi) is 3.61. The molecule has 1 fully saturated rings. The molecule has 120 valence electrons. The minimum atomic E-state index is -0.245. The van der Waals surface area contributed by atoms with E-state index < -0.39 is 0 Å². The number of fused-ring (bicyclic) bond motifs is 1. The molecule has 3 heterocycles. The Labute approximate surface area is 133 Å². The van der Waals surface area contributed by atoms with E-state index in [0.29, 0.717) is 5.92 Å². The van der Waals surface area contributed by atoms with Crippen molar-refractivity contribution in [3.8, 4) is 11.4 Å². The fraction of sp³-hybridized carbons (Fsp3) is 0.412. The Balaban J connectivity index is 1.78. The van der Waals surface area contributed by atoms with E-state index in [-0.39, 0.29) is 5.82 Å². The summed E-state index contributed by atoms with van der Waals surface area (Å²) in [5.41, 5.74) is 1.74. The van der Waals surface area contributed by atoms with Crippen LogP contribution in [0.3, 0.4) is 0 Å². The number of nitrogens with zero attached hydrogens (tertiary/aromatic N) is 3. The lowest BCUT2D eigenvalue weighted by molar-refractivity contribution is 0.0835. The number of nitrogens with one attached hydrogen (secondary N) is 1. The lowest BCUT2D eigenvalue weighted by Crippen LogP contribution is -2.15. The van der Waals surface area contributed by atoms with Crippen molar-refractivity contribution in [2.75, 3.05) is 13.2 Å². The Hall–Kier alpha value is -2.21. The van der Waals surface area contributed by atoms with Gasteiger partial charge in [-0.2, -0.15) is 5.10 Å². The maximum atomic E-state index is 13.4. The van der Waals surface area contributed by atoms with Crippen LogP contribution < -0.4 is 0 Å². The lowest BCUT2D eigenvalue weighted by atomic mass is 10.00. The van der Waals surface area contributed by atoms with Crippen LogP contribution in [-0.4, -0.2) is 33.0 Å². The molecule has 1 aliphatic rings. The van der Waals surface area contributed by atoms with E-state index in [2.05, 4.69) is 11.9 Å². The first kappa shape index (κ1) is 14.4. The van der Waals surface area contributed by atoms with Gasteiger partial charge in [0, 0.05) is 48.3 Å². The summed E-state index contributed by atoms with van der Waals surface area (Å²) in [6.45, 7) is 4.35. The molecule has 6 heteroatoms. The second-order valence-electron chi connectivity index (χ2n) is 5.89. The Morgan fingerprint density at radius 2 is 2.17 bits per heavy atom. The number of benzene rings is 1. The Bertz CT molecular complexity index is 832. The summed E-state index contributed by atoms with van der Waals surface area (Å²) >= 11 is 0. The maximum absolute atomic E-state index is 13.4. The standard InChI is InChI=1S/C17H19FN4O/c1-2-22-17(20-16(21-22)11-5-7-23-8-6-11)14-10-19-15-9-12(18)3-4-13(14)15/h3-4,9-11,19H,2,5-8H2,1H3. The lowest BCUT2D eigenvalue weighted by Gasteiger charge is -2.18. The number of aryl methyl sites for hydroxylation is 1. The minimum absolute atomic E-state index is 0.245. The van der Waals surface area contributed by atoms with Crippen molar-refractivity contribution >= 4 is 10.9 Å². The molecule has 1 saturated heterocycles. The predicted molar refractivity (Wildman–Crippen MR) is 85.7 cm³/mol. The molecule has 0 radical (unpaired) electrons. The zero-order valence-corrected chi connectivity index (χ0v) is 13.1. The third-order valence-electron chi connectivity index (χ3n) is 4.46. The van der Waals surface area contributed by atoms with Crippen molar-refractivity contribution in [1.82, 2.24) is 19.7 Å². The fourth-order valence-corrected chi connectivity index (χ4v) is 3.19. The van der Waals surface area contributed by atoms with Gasteiger partial charge in [-0.1, -0.05) is 0 Å². The highest BCUT2D eigenvalue weighted by Crippen LogP contribution is 2.31. The summed E-state index contributed by atoms with van der Waals surface area (Å²) < 4.78 is 20.7. The average molecular weight is 314 g/mol. The van der Waals surface area contributed by atoms with Crippen molar-refractivity contribution in [2.24, 2.45) is 0 Å². The van der Waals surface area contributed by atoms with Gasteiger partial charge in [-0.05, 0) is 38.0 Å². The normalized spacial score (nSPS) is 16.3. The van der Waals surface area contributed by atoms with Gasteiger partial charge < -0.3 is 9.72 Å². The van der Waals surface area contributed by atoms with Gasteiger partial charge in [-0.3, -0.25) is 0 Å². The molecule has 0 saturated carbocycles. The average Bonchev–Trinajstić information content (AvgIpc) is 3.18. The first-order valence-electron chi connectivity index (χ1n) is 8.05. The van der Waals surface area contributed by atoms with Gasteiger partial charge in [0.1, 0.15) is 5.82 Å². The number of H-pyrrole nitrogens is 1. The Morgan fingerprint density at radius 1 is 1.35 bits per heavy atom. The number of halogens is 1. The summed E-state index contributed by atoms with van der Waals surface area (Å²) in [4.78, 5) is 7.93. The van der Waals surface area contributed by atoms with E-state index >= 15 is 0 Å². The van der Waals surface area contributed by atoms with Crippen molar-refractivity contribution < 1.29 is 9.13 Å². The zero-order chi connectivity index (χ0) is 15.8. The molecule has 3 aromatic rings. The number of hydrogen-bond donors (Lipinski definition) is 1. The molecule has 1 aliphatic heterocycles. The second kappa shape index (κ2) is 5.77. The molecular weight excluding hydrogens is 295 g/mol. The van der Waals surface area contributed by atoms with Gasteiger partial charge in [0.25, 0.3) is 0 Å². The monoisotopic (exact) mass is 314 g/mol. The van der Waals surface area contributed by atoms with Gasteiger partial charge in [-0.15, -0.1) is 0 Å². The number of ether oxygens (including phenoxy) is 1. The molecule has 0 atom stereocenters. The van der Waals surface area contributed by atoms with Gasteiger partial charge in [-0.25, -0.2) is 14.1 Å². The van der Waals surface area contributed by atoms with Crippen LogP contribution in [0.15, 0.2) is 24.4 Å². The molecule has 0 spiro atoms. The van der Waals surface area contributed by atoms with E-state index in [0.717, 1.165) is 60.7 Å². The molecule has 0 unspecified atom stereocenters. The SMILES string of the molecule is CCn1nc(C2CCOCC2)nc1-c1c[nH]c2cc(F)ccc12. The molecule has 4 rings (SSSR count). The third kappa shape index (κ3) is 2.53. The highest BCUT2D eigenvalue weighted by molar-refractivity contribution is 5.93. The summed E-state index contributed by atoms with van der Waals surface area (Å²) in [6, 6.07) is 4.77. The van der Waals surface area contributed by atoms with Crippen molar-refractivity contribution in [2.45, 2.75) is 32.2 Å². The summed E-state index contributed by atoms with van der Waals surface area (Å²) in [7, 11) is 0. The van der Waals surface area contributed by atoms with Crippen LogP contribution in [0.4, 0.5) is 4.39 Å². The number of hydrogen-bond acceptors (Lipinski definition) is 3. The first-order chi connectivity index (χ1) is 11.3. The molecule has 0 aliphatic carbocycles. The molecule has 2 aromatic heterocycles. The van der Waals surface area contributed by atoms with Crippen LogP contribution >= 0.6 is 0 Å². The van der Waals surface area contributed by atoms with Crippen LogP contribution in [0, 0.1) is 5.82 Å². The van der Waals surface area contributed by atoms with E-state index in [4.69, 9.17) is 14.8 Å². The minimum Gasteiger partial charge on any atom is -0.381 e. The van der Waals surface area contributed by atoms with Crippen LogP contribution in [0.2, 0.25) is 0 Å². The molecule has 1 N–H and O–H groups in total. The van der Waals surface area contributed by atoms with Crippen molar-refractivity contribution in [1.29, 1.82) is 0 Å². The number of rotatable bonds is 3. The van der Waals surface area contributed by atoms with Gasteiger partial charge in [0.15, 0.2) is 11.6 Å². The van der Waals surface area contributed by atoms with E-state index in [1.54, 1.807) is 6.07 Å². The van der Waals surface area contributed by atoms with Crippen LogP contribution in [-0.2, 0) is 11.3 Å². The predicted octanol–water partition coefficient (Wildman–Crippen LogP) is 3.48. The fourth-order valence-electron chi connectivity index (χ4n) is 3.19. The molecule has 5 nitrogen and oxygen atoms in total. The molecule has 0 amide bonds. The summed E-state index contributed by atoms with van der Waals surface area (Å²) in [6.07, 6.45) is 3.81. The molecule has 1 aromatic carbocycles. The first-order valence-corrected chi connectivity index (χ1v) is 8.05. The van der Waals surface area contributed by atoms with Crippen LogP contribution in [0.5, 0.6) is 0 Å². The molecule has 23 heavy (non-hydrogen) atoms. The highest BCUT2D eigenvalue weighted by atomic mass is 19.1. The van der Waals surface area contributed by atoms with E-state index in [9.17, 15) is 4.39 Å². The summed E-state index contributed by atoms with van der Waals surface area (Å²) in [5, 5.41) is 5.66. The van der Waals surface area contributed by atoms with E-state index in [1.165, 1.54) is 12.1 Å². The Morgan fingerprint density at radius 3 is 2.96 bits per heavy atom. The van der Waals surface area contributed by atoms with Crippen LogP contribution in [0.25, 0.3) is 22.3 Å². The second-order valence-corrected chi connectivity index (χ2v) is 5.89. The van der Waals surface area contributed by atoms with Gasteiger partial charge >= 0.3 is 0 Å². The largest absolute Gasteiger partial charge is 0.381 e. The number of aromatic amines is 1. The topological polar surface area (TPSA) is 55.7 Å². The van der Waals surface area contributed by atoms with Gasteiger partial charge in [0.2, 0.25) is 0 Å². The van der Waals surface area contributed by atoms with Crippen LogP contribution in [0.1, 0.15) is 31.5 Å². The number of aromatic nitrogens is 4. The third-order valence-corrected chi connectivity index (χ3v) is 4.46.